The van der Waals surface area contributed by atoms with Crippen LogP contribution in [0.5, 0.6) is 0 Å². The topological polar surface area (TPSA) is 59.2 Å². The average Bonchev–Trinajstić information content (AvgIpc) is 3.00. The number of piperazine rings is 1. The van der Waals surface area contributed by atoms with Gasteiger partial charge in [0.05, 0.1) is 23.3 Å². The summed E-state index contributed by atoms with van der Waals surface area (Å²) < 4.78 is 3.73. The number of rotatable bonds is 4. The SMILES string of the molecule is Cc1ccc(=O)n(CCN2CCN(c3nc4ccccc4n3C)CC2)n1. The molecule has 7 nitrogen and oxygen atoms in total. The zero-order valence-corrected chi connectivity index (χ0v) is 15.3. The van der Waals surface area contributed by atoms with Crippen molar-refractivity contribution in [2.24, 2.45) is 7.05 Å². The van der Waals surface area contributed by atoms with E-state index >= 15 is 0 Å². The highest BCUT2D eigenvalue weighted by atomic mass is 16.1. The van der Waals surface area contributed by atoms with E-state index in [0.29, 0.717) is 6.54 Å². The summed E-state index contributed by atoms with van der Waals surface area (Å²) in [6.07, 6.45) is 0. The third-order valence-corrected chi connectivity index (χ3v) is 5.05. The molecule has 3 aromatic rings. The van der Waals surface area contributed by atoms with Crippen molar-refractivity contribution < 1.29 is 0 Å². The number of imidazole rings is 1. The van der Waals surface area contributed by atoms with E-state index in [4.69, 9.17) is 4.98 Å². The second kappa shape index (κ2) is 6.92. The van der Waals surface area contributed by atoms with Crippen molar-refractivity contribution in [1.82, 2.24) is 24.2 Å². The molecule has 1 fully saturated rings. The lowest BCUT2D eigenvalue weighted by atomic mass is 10.3. The number of fused-ring (bicyclic) bond motifs is 1. The molecule has 4 rings (SSSR count). The van der Waals surface area contributed by atoms with E-state index in [0.717, 1.165) is 55.4 Å². The Morgan fingerprint density at radius 2 is 1.77 bits per heavy atom. The summed E-state index contributed by atoms with van der Waals surface area (Å²) in [4.78, 5) is 21.4. The molecule has 0 unspecified atom stereocenters. The second-order valence-electron chi connectivity index (χ2n) is 6.82. The minimum Gasteiger partial charge on any atom is -0.340 e. The molecule has 1 saturated heterocycles. The van der Waals surface area contributed by atoms with E-state index < -0.39 is 0 Å². The Morgan fingerprint density at radius 3 is 2.54 bits per heavy atom. The van der Waals surface area contributed by atoms with E-state index in [1.54, 1.807) is 16.8 Å². The fraction of sp³-hybridized carbons (Fsp3) is 0.421. The number of benzene rings is 1. The van der Waals surface area contributed by atoms with Gasteiger partial charge in [0, 0.05) is 45.8 Å². The molecule has 136 valence electrons. The molecule has 3 heterocycles. The van der Waals surface area contributed by atoms with E-state index in [2.05, 4.69) is 38.6 Å². The van der Waals surface area contributed by atoms with Crippen molar-refractivity contribution in [3.63, 3.8) is 0 Å². The number of anilines is 1. The predicted molar refractivity (Wildman–Crippen MR) is 103 cm³/mol. The average molecular weight is 352 g/mol. The third kappa shape index (κ3) is 3.22. The number of hydrogen-bond acceptors (Lipinski definition) is 5. The summed E-state index contributed by atoms with van der Waals surface area (Å²) in [5.41, 5.74) is 3.04. The van der Waals surface area contributed by atoms with Crippen LogP contribution < -0.4 is 10.5 Å². The summed E-state index contributed by atoms with van der Waals surface area (Å²) in [6.45, 7) is 7.18. The fourth-order valence-corrected chi connectivity index (χ4v) is 3.53. The first-order valence-corrected chi connectivity index (χ1v) is 9.05. The fourth-order valence-electron chi connectivity index (χ4n) is 3.53. The van der Waals surface area contributed by atoms with Gasteiger partial charge >= 0.3 is 0 Å². The molecular formula is C19H24N6O. The molecule has 0 spiro atoms. The lowest BCUT2D eigenvalue weighted by Gasteiger charge is -2.35. The Morgan fingerprint density at radius 1 is 1.00 bits per heavy atom. The Labute approximate surface area is 152 Å². The van der Waals surface area contributed by atoms with Crippen molar-refractivity contribution in [1.29, 1.82) is 0 Å². The van der Waals surface area contributed by atoms with Gasteiger partial charge in [-0.3, -0.25) is 9.69 Å². The van der Waals surface area contributed by atoms with E-state index in [-0.39, 0.29) is 5.56 Å². The zero-order chi connectivity index (χ0) is 18.1. The summed E-state index contributed by atoms with van der Waals surface area (Å²) >= 11 is 0. The lowest BCUT2D eigenvalue weighted by Crippen LogP contribution is -2.48. The van der Waals surface area contributed by atoms with Crippen LogP contribution in [-0.4, -0.2) is 57.0 Å². The van der Waals surface area contributed by atoms with Gasteiger partial charge in [0.15, 0.2) is 0 Å². The Kier molecular flexibility index (Phi) is 4.46. The smallest absolute Gasteiger partial charge is 0.266 e. The minimum absolute atomic E-state index is 0.0334. The maximum atomic E-state index is 11.9. The molecule has 26 heavy (non-hydrogen) atoms. The summed E-state index contributed by atoms with van der Waals surface area (Å²) in [7, 11) is 2.08. The molecule has 0 amide bonds. The maximum Gasteiger partial charge on any atom is 0.266 e. The molecule has 0 aliphatic carbocycles. The van der Waals surface area contributed by atoms with Gasteiger partial charge in [-0.25, -0.2) is 9.67 Å². The summed E-state index contributed by atoms with van der Waals surface area (Å²) in [5, 5.41) is 4.31. The zero-order valence-electron chi connectivity index (χ0n) is 15.3. The molecule has 0 atom stereocenters. The number of nitrogens with zero attached hydrogens (tertiary/aromatic N) is 6. The van der Waals surface area contributed by atoms with Crippen LogP contribution in [-0.2, 0) is 13.6 Å². The van der Waals surface area contributed by atoms with Crippen molar-refractivity contribution >= 4 is 17.0 Å². The predicted octanol–water partition coefficient (Wildman–Crippen LogP) is 1.26. The van der Waals surface area contributed by atoms with Crippen LogP contribution in [0.15, 0.2) is 41.2 Å². The number of aromatic nitrogens is 4. The molecule has 0 N–H and O–H groups in total. The van der Waals surface area contributed by atoms with Gasteiger partial charge in [0.2, 0.25) is 5.95 Å². The highest BCUT2D eigenvalue weighted by molar-refractivity contribution is 5.78. The van der Waals surface area contributed by atoms with Crippen LogP contribution in [0.25, 0.3) is 11.0 Å². The quantitative estimate of drug-likeness (QED) is 0.708. The molecule has 0 radical (unpaired) electrons. The second-order valence-corrected chi connectivity index (χ2v) is 6.82. The Hall–Kier alpha value is -2.67. The van der Waals surface area contributed by atoms with Crippen LogP contribution in [0.4, 0.5) is 5.95 Å². The van der Waals surface area contributed by atoms with Gasteiger partial charge in [-0.1, -0.05) is 12.1 Å². The van der Waals surface area contributed by atoms with Crippen molar-refractivity contribution in [3.8, 4) is 0 Å². The first-order valence-electron chi connectivity index (χ1n) is 9.05. The molecular weight excluding hydrogens is 328 g/mol. The highest BCUT2D eigenvalue weighted by Gasteiger charge is 2.21. The minimum atomic E-state index is -0.0334. The van der Waals surface area contributed by atoms with Gasteiger partial charge in [-0.15, -0.1) is 0 Å². The molecule has 0 saturated carbocycles. The molecule has 1 aliphatic heterocycles. The number of aryl methyl sites for hydroxylation is 2. The number of para-hydroxylation sites is 2. The standard InChI is InChI=1S/C19H24N6O/c1-15-7-8-18(26)25(21-15)14-11-23-9-12-24(13-10-23)19-20-16-5-3-4-6-17(16)22(19)2/h3-8H,9-14H2,1-2H3. The van der Waals surface area contributed by atoms with Crippen LogP contribution in [0.2, 0.25) is 0 Å². The van der Waals surface area contributed by atoms with Crippen LogP contribution >= 0.6 is 0 Å². The van der Waals surface area contributed by atoms with Crippen LogP contribution in [0.3, 0.4) is 0 Å². The Bertz CT molecular complexity index is 968. The van der Waals surface area contributed by atoms with Crippen LogP contribution in [0, 0.1) is 6.92 Å². The monoisotopic (exact) mass is 352 g/mol. The van der Waals surface area contributed by atoms with Crippen molar-refractivity contribution in [2.75, 3.05) is 37.6 Å². The first kappa shape index (κ1) is 16.8. The lowest BCUT2D eigenvalue weighted by molar-refractivity contribution is 0.241. The van der Waals surface area contributed by atoms with E-state index in [1.807, 2.05) is 19.1 Å². The molecule has 1 aliphatic rings. The van der Waals surface area contributed by atoms with E-state index in [1.165, 1.54) is 0 Å². The van der Waals surface area contributed by atoms with E-state index in [9.17, 15) is 4.79 Å². The van der Waals surface area contributed by atoms with Crippen molar-refractivity contribution in [2.45, 2.75) is 13.5 Å². The Balaban J connectivity index is 1.38. The highest BCUT2D eigenvalue weighted by Crippen LogP contribution is 2.21. The summed E-state index contributed by atoms with van der Waals surface area (Å²) in [6, 6.07) is 11.6. The van der Waals surface area contributed by atoms with Crippen molar-refractivity contribution in [3.05, 3.63) is 52.4 Å². The third-order valence-electron chi connectivity index (χ3n) is 5.05. The van der Waals surface area contributed by atoms with Gasteiger partial charge in [0.25, 0.3) is 5.56 Å². The molecule has 1 aromatic carbocycles. The van der Waals surface area contributed by atoms with Gasteiger partial charge in [0.1, 0.15) is 0 Å². The van der Waals surface area contributed by atoms with Gasteiger partial charge in [-0.05, 0) is 25.1 Å². The maximum absolute atomic E-state index is 11.9. The van der Waals surface area contributed by atoms with Crippen LogP contribution in [0.1, 0.15) is 5.69 Å². The molecule has 7 heteroatoms. The first-order chi connectivity index (χ1) is 12.6. The molecule has 2 aromatic heterocycles. The number of hydrogen-bond donors (Lipinski definition) is 0. The molecule has 0 bridgehead atoms. The normalized spacial score (nSPS) is 15.7. The summed E-state index contributed by atoms with van der Waals surface area (Å²) in [5.74, 6) is 1.03. The largest absolute Gasteiger partial charge is 0.340 e. The van der Waals surface area contributed by atoms with Gasteiger partial charge in [-0.2, -0.15) is 5.10 Å². The van der Waals surface area contributed by atoms with Gasteiger partial charge < -0.3 is 9.47 Å².